The summed E-state index contributed by atoms with van der Waals surface area (Å²) < 4.78 is 5.23. The Hall–Kier alpha value is -1.84. The molecular formula is C10H13N5O. The third-order valence-corrected chi connectivity index (χ3v) is 2.32. The molecule has 1 aromatic heterocycles. The van der Waals surface area contributed by atoms with E-state index in [2.05, 4.69) is 10.4 Å². The normalized spacial score (nSPS) is 16.7. The lowest BCUT2D eigenvalue weighted by Crippen LogP contribution is -2.40. The number of nitrogens with one attached hydrogen (secondary N) is 1. The lowest BCUT2D eigenvalue weighted by molar-refractivity contribution is 0.0495. The maximum absolute atomic E-state index is 8.79. The number of nitrogens with two attached hydrogens (primary N) is 1. The summed E-state index contributed by atoms with van der Waals surface area (Å²) in [6.07, 6.45) is 0. The van der Waals surface area contributed by atoms with Gasteiger partial charge in [0.2, 0.25) is 0 Å². The molecule has 0 aromatic carbocycles. The van der Waals surface area contributed by atoms with E-state index >= 15 is 0 Å². The predicted molar refractivity (Wildman–Crippen MR) is 59.4 cm³/mol. The van der Waals surface area contributed by atoms with Crippen LogP contribution in [0.2, 0.25) is 0 Å². The number of aromatic nitrogens is 1. The van der Waals surface area contributed by atoms with Crippen molar-refractivity contribution in [2.45, 2.75) is 0 Å². The van der Waals surface area contributed by atoms with Crippen LogP contribution in [-0.2, 0) is 4.74 Å². The van der Waals surface area contributed by atoms with E-state index in [1.54, 1.807) is 12.1 Å². The van der Waals surface area contributed by atoms with E-state index in [-0.39, 0.29) is 5.69 Å². The maximum Gasteiger partial charge on any atom is 0.165 e. The quantitative estimate of drug-likeness (QED) is 0.738. The van der Waals surface area contributed by atoms with Gasteiger partial charge in [-0.2, -0.15) is 5.26 Å². The number of nitrogens with zero attached hydrogens (tertiary/aromatic N) is 3. The number of hydrogen-bond acceptors (Lipinski definition) is 6. The highest BCUT2D eigenvalue weighted by Gasteiger charge is 2.11. The smallest absolute Gasteiger partial charge is 0.165 e. The fourth-order valence-electron chi connectivity index (χ4n) is 1.46. The standard InChI is InChI=1S/C10H13N5O/c11-7-9-8(12)1-2-10(13-9)14-15-3-5-16-6-4-15/h1-2H,3-6,12H2,(H,13,14). The second-order valence-corrected chi connectivity index (χ2v) is 3.46. The zero-order valence-electron chi connectivity index (χ0n) is 8.81. The van der Waals surface area contributed by atoms with Gasteiger partial charge in [-0.25, -0.2) is 9.99 Å². The van der Waals surface area contributed by atoms with E-state index in [0.29, 0.717) is 24.7 Å². The highest BCUT2D eigenvalue weighted by atomic mass is 16.5. The minimum Gasteiger partial charge on any atom is -0.396 e. The van der Waals surface area contributed by atoms with Crippen LogP contribution >= 0.6 is 0 Å². The van der Waals surface area contributed by atoms with E-state index in [1.807, 2.05) is 11.1 Å². The molecule has 3 N–H and O–H groups in total. The van der Waals surface area contributed by atoms with Gasteiger partial charge in [0.1, 0.15) is 11.9 Å². The largest absolute Gasteiger partial charge is 0.396 e. The summed E-state index contributed by atoms with van der Waals surface area (Å²) >= 11 is 0. The van der Waals surface area contributed by atoms with Gasteiger partial charge in [-0.05, 0) is 12.1 Å². The van der Waals surface area contributed by atoms with Crippen molar-refractivity contribution in [3.05, 3.63) is 17.8 Å². The zero-order valence-corrected chi connectivity index (χ0v) is 8.81. The molecule has 0 bridgehead atoms. The fourth-order valence-corrected chi connectivity index (χ4v) is 1.46. The summed E-state index contributed by atoms with van der Waals surface area (Å²) in [5.41, 5.74) is 9.35. The molecule has 0 unspecified atom stereocenters. The highest BCUT2D eigenvalue weighted by Crippen LogP contribution is 2.13. The van der Waals surface area contributed by atoms with Crippen molar-refractivity contribution in [1.29, 1.82) is 5.26 Å². The second kappa shape index (κ2) is 4.79. The molecule has 0 amide bonds. The van der Waals surface area contributed by atoms with Gasteiger partial charge < -0.3 is 15.9 Å². The maximum atomic E-state index is 8.79. The molecule has 2 heterocycles. The number of nitrogen functional groups attached to an aromatic ring is 1. The average molecular weight is 219 g/mol. The van der Waals surface area contributed by atoms with E-state index in [0.717, 1.165) is 13.1 Å². The summed E-state index contributed by atoms with van der Waals surface area (Å²) in [5, 5.41) is 10.8. The molecule has 84 valence electrons. The molecule has 0 saturated carbocycles. The number of pyridine rings is 1. The number of rotatable bonds is 2. The Morgan fingerprint density at radius 3 is 2.88 bits per heavy atom. The fraction of sp³-hybridized carbons (Fsp3) is 0.400. The van der Waals surface area contributed by atoms with E-state index in [1.165, 1.54) is 0 Å². The summed E-state index contributed by atoms with van der Waals surface area (Å²) in [7, 11) is 0. The number of hydrogen-bond donors (Lipinski definition) is 2. The first-order valence-corrected chi connectivity index (χ1v) is 5.05. The molecule has 6 nitrogen and oxygen atoms in total. The minimum absolute atomic E-state index is 0.248. The second-order valence-electron chi connectivity index (χ2n) is 3.46. The summed E-state index contributed by atoms with van der Waals surface area (Å²) in [6.45, 7) is 3.00. The van der Waals surface area contributed by atoms with E-state index < -0.39 is 0 Å². The molecule has 1 aromatic rings. The van der Waals surface area contributed by atoms with Crippen LogP contribution in [0.25, 0.3) is 0 Å². The first-order chi connectivity index (χ1) is 7.79. The first kappa shape index (κ1) is 10.7. The number of hydrazine groups is 1. The Bertz CT molecular complexity index is 408. The van der Waals surface area contributed by atoms with Crippen molar-refractivity contribution in [3.8, 4) is 6.07 Å². The van der Waals surface area contributed by atoms with E-state index in [9.17, 15) is 0 Å². The van der Waals surface area contributed by atoms with Gasteiger partial charge in [0.25, 0.3) is 0 Å². The molecular weight excluding hydrogens is 206 g/mol. The zero-order chi connectivity index (χ0) is 11.4. The molecule has 0 atom stereocenters. The highest BCUT2D eigenvalue weighted by molar-refractivity contribution is 5.54. The Morgan fingerprint density at radius 2 is 2.19 bits per heavy atom. The molecule has 0 spiro atoms. The molecule has 6 heteroatoms. The van der Waals surface area contributed by atoms with Crippen molar-refractivity contribution in [1.82, 2.24) is 9.99 Å². The Labute approximate surface area is 93.6 Å². The lowest BCUT2D eigenvalue weighted by atomic mass is 10.3. The Balaban J connectivity index is 2.06. The lowest BCUT2D eigenvalue weighted by Gasteiger charge is -2.27. The third kappa shape index (κ3) is 2.39. The molecule has 1 aliphatic heterocycles. The van der Waals surface area contributed by atoms with E-state index in [4.69, 9.17) is 15.7 Å². The van der Waals surface area contributed by atoms with Gasteiger partial charge in [-0.15, -0.1) is 0 Å². The van der Waals surface area contributed by atoms with Crippen molar-refractivity contribution in [2.24, 2.45) is 0 Å². The number of ether oxygens (including phenoxy) is 1. The molecule has 1 aliphatic rings. The van der Waals surface area contributed by atoms with Gasteiger partial charge in [0.05, 0.1) is 18.9 Å². The van der Waals surface area contributed by atoms with Gasteiger partial charge in [-0.3, -0.25) is 0 Å². The minimum atomic E-state index is 0.248. The van der Waals surface area contributed by atoms with Crippen LogP contribution in [0.1, 0.15) is 5.69 Å². The summed E-state index contributed by atoms with van der Waals surface area (Å²) in [6, 6.07) is 5.38. The topological polar surface area (TPSA) is 87.2 Å². The van der Waals surface area contributed by atoms with Crippen LogP contribution in [0.5, 0.6) is 0 Å². The van der Waals surface area contributed by atoms with Crippen molar-refractivity contribution >= 4 is 11.5 Å². The monoisotopic (exact) mass is 219 g/mol. The Kier molecular flexibility index (Phi) is 3.19. The predicted octanol–water partition coefficient (Wildman–Crippen LogP) is 0.195. The van der Waals surface area contributed by atoms with Gasteiger partial charge in [0.15, 0.2) is 5.69 Å². The molecule has 2 rings (SSSR count). The molecule has 1 fully saturated rings. The Morgan fingerprint density at radius 1 is 1.44 bits per heavy atom. The third-order valence-electron chi connectivity index (χ3n) is 2.32. The van der Waals surface area contributed by atoms with Gasteiger partial charge >= 0.3 is 0 Å². The van der Waals surface area contributed by atoms with Crippen molar-refractivity contribution in [3.63, 3.8) is 0 Å². The number of anilines is 2. The van der Waals surface area contributed by atoms with Gasteiger partial charge in [-0.1, -0.05) is 0 Å². The molecule has 16 heavy (non-hydrogen) atoms. The van der Waals surface area contributed by atoms with Crippen molar-refractivity contribution < 1.29 is 4.74 Å². The van der Waals surface area contributed by atoms with Crippen LogP contribution in [0, 0.1) is 11.3 Å². The molecule has 0 aliphatic carbocycles. The summed E-state index contributed by atoms with van der Waals surface area (Å²) in [4.78, 5) is 4.11. The van der Waals surface area contributed by atoms with Crippen LogP contribution in [0.15, 0.2) is 12.1 Å². The van der Waals surface area contributed by atoms with Crippen LogP contribution in [0.4, 0.5) is 11.5 Å². The van der Waals surface area contributed by atoms with Crippen LogP contribution in [-0.4, -0.2) is 36.3 Å². The number of nitriles is 1. The first-order valence-electron chi connectivity index (χ1n) is 5.05. The molecule has 0 radical (unpaired) electrons. The van der Waals surface area contributed by atoms with Crippen molar-refractivity contribution in [2.75, 3.05) is 37.5 Å². The van der Waals surface area contributed by atoms with Gasteiger partial charge in [0, 0.05) is 13.1 Å². The summed E-state index contributed by atoms with van der Waals surface area (Å²) in [5.74, 6) is 0.632. The average Bonchev–Trinajstić information content (AvgIpc) is 2.33. The molecule has 1 saturated heterocycles. The van der Waals surface area contributed by atoms with Crippen LogP contribution in [0.3, 0.4) is 0 Å². The SMILES string of the molecule is N#Cc1nc(NN2CCOCC2)ccc1N. The van der Waals surface area contributed by atoms with Crippen LogP contribution < -0.4 is 11.2 Å². The number of morpholine rings is 1.